The molecule has 0 N–H and O–H groups in total. The summed E-state index contributed by atoms with van der Waals surface area (Å²) in [4.78, 5) is 16.8. The fourth-order valence-corrected chi connectivity index (χ4v) is 3.38. The van der Waals surface area contributed by atoms with Crippen LogP contribution in [-0.2, 0) is 17.8 Å². The second-order valence-corrected chi connectivity index (χ2v) is 6.95. The van der Waals surface area contributed by atoms with Crippen LogP contribution < -0.4 is 0 Å². The van der Waals surface area contributed by atoms with Gasteiger partial charge in [-0.3, -0.25) is 9.69 Å². The summed E-state index contributed by atoms with van der Waals surface area (Å²) < 4.78 is 13.0. The average Bonchev–Trinajstić information content (AvgIpc) is 2.94. The molecule has 0 aromatic heterocycles. The minimum atomic E-state index is -0.214. The highest BCUT2D eigenvalue weighted by Gasteiger charge is 2.19. The molecular weight excluding hydrogens is 341 g/mol. The highest BCUT2D eigenvalue weighted by atomic mass is 19.1. The lowest BCUT2D eigenvalue weighted by atomic mass is 10.1. The van der Waals surface area contributed by atoms with Crippen LogP contribution in [0, 0.1) is 17.1 Å². The van der Waals surface area contributed by atoms with Gasteiger partial charge in [-0.15, -0.1) is 0 Å². The van der Waals surface area contributed by atoms with Gasteiger partial charge in [-0.2, -0.15) is 5.26 Å². The Hall–Kier alpha value is -2.71. The van der Waals surface area contributed by atoms with Crippen LogP contribution in [0.2, 0.25) is 0 Å². The number of nitriles is 1. The third-order valence-electron chi connectivity index (χ3n) is 4.97. The molecule has 2 aromatic carbocycles. The molecule has 140 valence electrons. The van der Waals surface area contributed by atoms with E-state index in [1.807, 2.05) is 29.2 Å². The van der Waals surface area contributed by atoms with Crippen LogP contribution in [0.3, 0.4) is 0 Å². The van der Waals surface area contributed by atoms with Gasteiger partial charge >= 0.3 is 0 Å². The van der Waals surface area contributed by atoms with Gasteiger partial charge in [0.2, 0.25) is 5.91 Å². The van der Waals surface area contributed by atoms with E-state index in [4.69, 9.17) is 5.26 Å². The van der Waals surface area contributed by atoms with Crippen LogP contribution in [0.1, 0.15) is 29.5 Å². The van der Waals surface area contributed by atoms with Crippen molar-refractivity contribution >= 4 is 5.91 Å². The lowest BCUT2D eigenvalue weighted by Gasteiger charge is -2.22. The summed E-state index contributed by atoms with van der Waals surface area (Å²) in [5.74, 6) is -0.0309. The zero-order valence-corrected chi connectivity index (χ0v) is 15.4. The molecule has 1 fully saturated rings. The van der Waals surface area contributed by atoms with E-state index in [2.05, 4.69) is 11.0 Å². The van der Waals surface area contributed by atoms with Gasteiger partial charge in [0.05, 0.1) is 11.6 Å². The number of carbonyl (C=O) groups excluding carboxylic acids is 1. The summed E-state index contributed by atoms with van der Waals surface area (Å²) in [6.45, 7) is 4.07. The van der Waals surface area contributed by atoms with E-state index < -0.39 is 0 Å². The smallest absolute Gasteiger partial charge is 0.222 e. The zero-order chi connectivity index (χ0) is 19.1. The topological polar surface area (TPSA) is 47.3 Å². The zero-order valence-electron chi connectivity index (χ0n) is 15.4. The first kappa shape index (κ1) is 19.1. The molecule has 1 amide bonds. The van der Waals surface area contributed by atoms with Crippen LogP contribution in [0.4, 0.5) is 4.39 Å². The van der Waals surface area contributed by atoms with E-state index in [1.54, 1.807) is 12.1 Å². The van der Waals surface area contributed by atoms with E-state index in [1.165, 1.54) is 12.1 Å². The maximum absolute atomic E-state index is 13.0. The molecule has 1 aliphatic heterocycles. The Balaban J connectivity index is 1.47. The van der Waals surface area contributed by atoms with Gasteiger partial charge in [0.1, 0.15) is 5.82 Å². The third-order valence-corrected chi connectivity index (χ3v) is 4.97. The predicted molar refractivity (Wildman–Crippen MR) is 102 cm³/mol. The number of amides is 1. The molecule has 0 saturated carbocycles. The Morgan fingerprint density at radius 3 is 2.37 bits per heavy atom. The number of carbonyl (C=O) groups is 1. The molecule has 1 heterocycles. The molecular formula is C22H24FN3O. The summed E-state index contributed by atoms with van der Waals surface area (Å²) in [6.07, 6.45) is 2.13. The third kappa shape index (κ3) is 5.63. The second kappa shape index (κ2) is 9.29. The van der Waals surface area contributed by atoms with Crippen molar-refractivity contribution in [3.63, 3.8) is 0 Å². The summed E-state index contributed by atoms with van der Waals surface area (Å²) in [6, 6.07) is 16.1. The van der Waals surface area contributed by atoms with Crippen molar-refractivity contribution in [3.05, 3.63) is 71.0 Å². The fourth-order valence-electron chi connectivity index (χ4n) is 3.38. The highest BCUT2D eigenvalue weighted by Crippen LogP contribution is 2.12. The molecule has 4 nitrogen and oxygen atoms in total. The Kier molecular flexibility index (Phi) is 6.56. The van der Waals surface area contributed by atoms with Crippen molar-refractivity contribution in [3.8, 4) is 6.07 Å². The van der Waals surface area contributed by atoms with Gasteiger partial charge in [-0.1, -0.05) is 24.3 Å². The molecule has 0 spiro atoms. The van der Waals surface area contributed by atoms with E-state index in [9.17, 15) is 9.18 Å². The van der Waals surface area contributed by atoms with E-state index in [0.717, 1.165) is 50.3 Å². The SMILES string of the molecule is N#Cc1ccc(CCC(=O)N2CCCN(Cc3ccc(F)cc3)CC2)cc1. The van der Waals surface area contributed by atoms with Crippen molar-refractivity contribution in [1.29, 1.82) is 5.26 Å². The van der Waals surface area contributed by atoms with Crippen molar-refractivity contribution in [2.24, 2.45) is 0 Å². The second-order valence-electron chi connectivity index (χ2n) is 6.95. The van der Waals surface area contributed by atoms with Crippen molar-refractivity contribution < 1.29 is 9.18 Å². The summed E-state index contributed by atoms with van der Waals surface area (Å²) >= 11 is 0. The van der Waals surface area contributed by atoms with Crippen LogP contribution >= 0.6 is 0 Å². The molecule has 0 bridgehead atoms. The molecule has 0 atom stereocenters. The highest BCUT2D eigenvalue weighted by molar-refractivity contribution is 5.76. The number of rotatable bonds is 5. The molecule has 3 rings (SSSR count). The first-order valence-corrected chi connectivity index (χ1v) is 9.37. The number of aryl methyl sites for hydroxylation is 1. The number of nitrogens with zero attached hydrogens (tertiary/aromatic N) is 3. The maximum Gasteiger partial charge on any atom is 0.222 e. The van der Waals surface area contributed by atoms with E-state index in [-0.39, 0.29) is 11.7 Å². The Morgan fingerprint density at radius 2 is 1.67 bits per heavy atom. The summed E-state index contributed by atoms with van der Waals surface area (Å²) in [5.41, 5.74) is 2.81. The minimum absolute atomic E-state index is 0.183. The maximum atomic E-state index is 13.0. The largest absolute Gasteiger partial charge is 0.341 e. The van der Waals surface area contributed by atoms with Crippen LogP contribution in [-0.4, -0.2) is 41.9 Å². The van der Waals surface area contributed by atoms with Gasteiger partial charge in [-0.05, 0) is 48.2 Å². The van der Waals surface area contributed by atoms with Gasteiger partial charge in [-0.25, -0.2) is 4.39 Å². The normalized spacial score (nSPS) is 15.2. The molecule has 1 aliphatic rings. The quantitative estimate of drug-likeness (QED) is 0.816. The van der Waals surface area contributed by atoms with Gasteiger partial charge < -0.3 is 4.90 Å². The van der Waals surface area contributed by atoms with Crippen molar-refractivity contribution in [2.75, 3.05) is 26.2 Å². The number of benzene rings is 2. The van der Waals surface area contributed by atoms with Gasteiger partial charge in [0.15, 0.2) is 0 Å². The van der Waals surface area contributed by atoms with Crippen molar-refractivity contribution in [1.82, 2.24) is 9.80 Å². The lowest BCUT2D eigenvalue weighted by Crippen LogP contribution is -2.35. The van der Waals surface area contributed by atoms with Crippen molar-refractivity contribution in [2.45, 2.75) is 25.8 Å². The van der Waals surface area contributed by atoms with Crippen LogP contribution in [0.5, 0.6) is 0 Å². The fraction of sp³-hybridized carbons (Fsp3) is 0.364. The first-order chi connectivity index (χ1) is 13.1. The molecule has 5 heteroatoms. The number of halogens is 1. The molecule has 0 radical (unpaired) electrons. The standard InChI is InChI=1S/C22H24FN3O/c23-21-9-6-20(7-10-21)17-25-12-1-13-26(15-14-25)22(27)11-8-18-2-4-19(16-24)5-3-18/h2-7,9-10H,1,8,11-15,17H2. The van der Waals surface area contributed by atoms with Crippen LogP contribution in [0.15, 0.2) is 48.5 Å². The molecule has 2 aromatic rings. The minimum Gasteiger partial charge on any atom is -0.341 e. The molecule has 0 aliphatic carbocycles. The molecule has 0 unspecified atom stereocenters. The number of hydrogen-bond acceptors (Lipinski definition) is 3. The monoisotopic (exact) mass is 365 g/mol. The summed E-state index contributed by atoms with van der Waals surface area (Å²) in [5, 5.41) is 8.84. The first-order valence-electron chi connectivity index (χ1n) is 9.37. The molecule has 27 heavy (non-hydrogen) atoms. The van der Waals surface area contributed by atoms with Gasteiger partial charge in [0, 0.05) is 39.1 Å². The Morgan fingerprint density at radius 1 is 0.963 bits per heavy atom. The van der Waals surface area contributed by atoms with E-state index >= 15 is 0 Å². The lowest BCUT2D eigenvalue weighted by molar-refractivity contribution is -0.131. The predicted octanol–water partition coefficient (Wildman–Crippen LogP) is 3.36. The number of hydrogen-bond donors (Lipinski definition) is 0. The summed E-state index contributed by atoms with van der Waals surface area (Å²) in [7, 11) is 0. The Bertz CT molecular complexity index is 796. The van der Waals surface area contributed by atoms with Gasteiger partial charge in [0.25, 0.3) is 0 Å². The van der Waals surface area contributed by atoms with Crippen LogP contribution in [0.25, 0.3) is 0 Å². The molecule has 1 saturated heterocycles. The Labute approximate surface area is 159 Å². The van der Waals surface area contributed by atoms with E-state index in [0.29, 0.717) is 18.4 Å². The average molecular weight is 365 g/mol.